The fourth-order valence-corrected chi connectivity index (χ4v) is 4.42. The number of carbonyl (C=O) groups is 1. The first-order valence-corrected chi connectivity index (χ1v) is 8.66. The van der Waals surface area contributed by atoms with Crippen molar-refractivity contribution in [3.63, 3.8) is 0 Å². The van der Waals surface area contributed by atoms with Crippen LogP contribution in [0.5, 0.6) is 0 Å². The van der Waals surface area contributed by atoms with Crippen LogP contribution in [-0.4, -0.2) is 29.6 Å². The molecule has 1 saturated heterocycles. The molecule has 5 heteroatoms. The van der Waals surface area contributed by atoms with Crippen LogP contribution in [0.2, 0.25) is 0 Å². The number of carbonyl (C=O) groups excluding carboxylic acids is 1. The summed E-state index contributed by atoms with van der Waals surface area (Å²) in [6.07, 6.45) is 2.67. The van der Waals surface area contributed by atoms with Crippen LogP contribution in [0.3, 0.4) is 0 Å². The van der Waals surface area contributed by atoms with Crippen molar-refractivity contribution in [2.45, 2.75) is 18.6 Å². The molecule has 2 aromatic rings. The van der Waals surface area contributed by atoms with Gasteiger partial charge in [0.1, 0.15) is 5.76 Å². The van der Waals surface area contributed by atoms with Crippen molar-refractivity contribution in [1.29, 1.82) is 0 Å². The van der Waals surface area contributed by atoms with E-state index in [4.69, 9.17) is 4.42 Å². The van der Waals surface area contributed by atoms with Gasteiger partial charge in [-0.15, -0.1) is 23.1 Å². The van der Waals surface area contributed by atoms with Crippen LogP contribution in [0.1, 0.15) is 32.7 Å². The second-order valence-corrected chi connectivity index (χ2v) is 7.17. The van der Waals surface area contributed by atoms with E-state index in [1.165, 1.54) is 0 Å². The number of hydrogen-bond acceptors (Lipinski definition) is 4. The van der Waals surface area contributed by atoms with Crippen LogP contribution in [0.4, 0.5) is 0 Å². The third-order valence-corrected chi connectivity index (χ3v) is 5.76. The van der Waals surface area contributed by atoms with Crippen LogP contribution < -0.4 is 0 Å². The minimum atomic E-state index is 0.170. The summed E-state index contributed by atoms with van der Waals surface area (Å²) in [6.45, 7) is 3.64. The lowest BCUT2D eigenvalue weighted by Crippen LogP contribution is -2.32. The molecule has 1 amide bonds. The molecule has 1 atom stereocenters. The first-order valence-electron chi connectivity index (χ1n) is 6.73. The Bertz CT molecular complexity index is 576. The fraction of sp³-hybridized carbons (Fsp3) is 0.400. The van der Waals surface area contributed by atoms with E-state index in [1.807, 2.05) is 47.2 Å². The highest BCUT2D eigenvalue weighted by Gasteiger charge is 2.24. The average Bonchev–Trinajstić information content (AvgIpc) is 3.05. The van der Waals surface area contributed by atoms with E-state index >= 15 is 0 Å². The Balaban J connectivity index is 1.66. The van der Waals surface area contributed by atoms with E-state index in [0.29, 0.717) is 5.25 Å². The number of rotatable bonds is 2. The van der Waals surface area contributed by atoms with Gasteiger partial charge in [-0.2, -0.15) is 0 Å². The smallest absolute Gasteiger partial charge is 0.263 e. The molecule has 0 bridgehead atoms. The summed E-state index contributed by atoms with van der Waals surface area (Å²) in [5.74, 6) is 2.15. The molecule has 20 heavy (non-hydrogen) atoms. The Morgan fingerprint density at radius 1 is 1.45 bits per heavy atom. The highest BCUT2D eigenvalue weighted by molar-refractivity contribution is 7.99. The van der Waals surface area contributed by atoms with Crippen LogP contribution in [0.25, 0.3) is 0 Å². The number of nitrogens with zero attached hydrogens (tertiary/aromatic N) is 1. The number of hydrogen-bond donors (Lipinski definition) is 0. The topological polar surface area (TPSA) is 33.5 Å². The minimum absolute atomic E-state index is 0.170. The van der Waals surface area contributed by atoms with Gasteiger partial charge in [-0.1, -0.05) is 0 Å². The molecule has 0 saturated carbocycles. The molecule has 1 unspecified atom stereocenters. The molecule has 0 N–H and O–H groups in total. The molecule has 3 nitrogen and oxygen atoms in total. The molecule has 1 aliphatic rings. The predicted molar refractivity (Wildman–Crippen MR) is 83.5 cm³/mol. The zero-order chi connectivity index (χ0) is 13.9. The van der Waals surface area contributed by atoms with Gasteiger partial charge >= 0.3 is 0 Å². The van der Waals surface area contributed by atoms with Crippen LogP contribution in [0, 0.1) is 6.92 Å². The van der Waals surface area contributed by atoms with Crippen LogP contribution in [-0.2, 0) is 0 Å². The third kappa shape index (κ3) is 2.94. The van der Waals surface area contributed by atoms with E-state index < -0.39 is 0 Å². The van der Waals surface area contributed by atoms with Gasteiger partial charge in [0.25, 0.3) is 5.91 Å². The summed E-state index contributed by atoms with van der Waals surface area (Å²) in [4.78, 5) is 15.3. The lowest BCUT2D eigenvalue weighted by Gasteiger charge is -2.19. The highest BCUT2D eigenvalue weighted by Crippen LogP contribution is 2.34. The summed E-state index contributed by atoms with van der Waals surface area (Å²) in [5, 5.41) is 2.40. The Kier molecular flexibility index (Phi) is 4.17. The fourth-order valence-electron chi connectivity index (χ4n) is 2.37. The highest BCUT2D eigenvalue weighted by atomic mass is 32.2. The summed E-state index contributed by atoms with van der Waals surface area (Å²) < 4.78 is 5.49. The minimum Gasteiger partial charge on any atom is -0.468 e. The van der Waals surface area contributed by atoms with Gasteiger partial charge in [0.05, 0.1) is 16.4 Å². The van der Waals surface area contributed by atoms with Gasteiger partial charge in [0.2, 0.25) is 0 Å². The van der Waals surface area contributed by atoms with Crippen LogP contribution >= 0.6 is 23.1 Å². The van der Waals surface area contributed by atoms with Gasteiger partial charge < -0.3 is 9.32 Å². The average molecular weight is 307 g/mol. The quantitative estimate of drug-likeness (QED) is 0.841. The van der Waals surface area contributed by atoms with Gasteiger partial charge in [0.15, 0.2) is 0 Å². The monoisotopic (exact) mass is 307 g/mol. The van der Waals surface area contributed by atoms with Crippen molar-refractivity contribution < 1.29 is 9.21 Å². The second-order valence-electron chi connectivity index (χ2n) is 4.94. The van der Waals surface area contributed by atoms with Crippen molar-refractivity contribution in [2.24, 2.45) is 0 Å². The largest absolute Gasteiger partial charge is 0.468 e. The molecule has 1 aliphatic heterocycles. The third-order valence-electron chi connectivity index (χ3n) is 3.43. The molecule has 0 aromatic carbocycles. The van der Waals surface area contributed by atoms with E-state index in [0.717, 1.165) is 41.5 Å². The summed E-state index contributed by atoms with van der Waals surface area (Å²) in [7, 11) is 0. The van der Waals surface area contributed by atoms with Gasteiger partial charge in [0, 0.05) is 18.8 Å². The zero-order valence-corrected chi connectivity index (χ0v) is 13.0. The van der Waals surface area contributed by atoms with Crippen molar-refractivity contribution in [2.75, 3.05) is 18.8 Å². The number of furan rings is 1. The summed E-state index contributed by atoms with van der Waals surface area (Å²) in [6, 6.07) is 5.94. The van der Waals surface area contributed by atoms with Crippen molar-refractivity contribution >= 4 is 29.0 Å². The Labute approximate surface area is 127 Å². The van der Waals surface area contributed by atoms with Crippen molar-refractivity contribution in [3.05, 3.63) is 46.0 Å². The van der Waals surface area contributed by atoms with Crippen LogP contribution in [0.15, 0.2) is 34.3 Å². The normalized spacial score (nSPS) is 19.9. The molecule has 1 fully saturated rings. The van der Waals surface area contributed by atoms with E-state index in [1.54, 1.807) is 17.6 Å². The molecule has 106 valence electrons. The number of amides is 1. The Morgan fingerprint density at radius 3 is 3.05 bits per heavy atom. The number of aryl methyl sites for hydroxylation is 1. The Hall–Kier alpha value is -1.20. The molecule has 0 radical (unpaired) electrons. The van der Waals surface area contributed by atoms with Crippen molar-refractivity contribution in [1.82, 2.24) is 4.90 Å². The first-order chi connectivity index (χ1) is 9.74. The maximum absolute atomic E-state index is 12.5. The molecular weight excluding hydrogens is 290 g/mol. The Morgan fingerprint density at radius 2 is 2.35 bits per heavy atom. The number of thioether (sulfide) groups is 1. The van der Waals surface area contributed by atoms with Gasteiger partial charge in [-0.3, -0.25) is 4.79 Å². The lowest BCUT2D eigenvalue weighted by atomic mass is 10.2. The van der Waals surface area contributed by atoms with E-state index in [2.05, 4.69) is 0 Å². The summed E-state index contributed by atoms with van der Waals surface area (Å²) in [5.41, 5.74) is 1.16. The summed E-state index contributed by atoms with van der Waals surface area (Å²) >= 11 is 3.42. The van der Waals surface area contributed by atoms with E-state index in [-0.39, 0.29) is 5.91 Å². The van der Waals surface area contributed by atoms with Gasteiger partial charge in [-0.05, 0) is 42.5 Å². The molecule has 3 heterocycles. The van der Waals surface area contributed by atoms with E-state index in [9.17, 15) is 4.79 Å². The maximum atomic E-state index is 12.5. The molecule has 0 spiro atoms. The second kappa shape index (κ2) is 6.06. The predicted octanol–water partition coefficient (Wildman–Crippen LogP) is 3.97. The van der Waals surface area contributed by atoms with Gasteiger partial charge in [-0.25, -0.2) is 0 Å². The maximum Gasteiger partial charge on any atom is 0.263 e. The lowest BCUT2D eigenvalue weighted by molar-refractivity contribution is 0.0771. The number of thiophene rings is 1. The standard InChI is InChI=1S/C15H17NO2S2/c1-11-9-14(20-10-11)15(17)16-5-4-13(19-8-6-16)12-3-2-7-18-12/h2-3,7,9-10,13H,4-6,8H2,1H3. The van der Waals surface area contributed by atoms with Crippen molar-refractivity contribution in [3.8, 4) is 0 Å². The zero-order valence-electron chi connectivity index (χ0n) is 11.4. The molecular formula is C15H17NO2S2. The molecule has 2 aromatic heterocycles. The first kappa shape index (κ1) is 13.8. The molecule has 3 rings (SSSR count). The SMILES string of the molecule is Cc1csc(C(=O)N2CCSC(c3ccco3)CC2)c1. The molecule has 0 aliphatic carbocycles.